The van der Waals surface area contributed by atoms with Gasteiger partial charge < -0.3 is 74.2 Å². The molecule has 25 nitrogen and oxygen atoms in total. The first-order valence-electron chi connectivity index (χ1n) is 24.9. The molecule has 15 N–H and O–H groups in total. The molecule has 0 spiro atoms. The fourth-order valence-electron chi connectivity index (χ4n) is 8.07. The second-order valence-corrected chi connectivity index (χ2v) is 19.7. The molecule has 0 radical (unpaired) electrons. The summed E-state index contributed by atoms with van der Waals surface area (Å²) in [5.41, 5.74) is 11.7. The summed E-state index contributed by atoms with van der Waals surface area (Å²) >= 11 is 4.04. The Morgan fingerprint density at radius 3 is 1.61 bits per heavy atom. The molecule has 0 aromatic heterocycles. The van der Waals surface area contributed by atoms with Crippen LogP contribution in [0.3, 0.4) is 0 Å². The summed E-state index contributed by atoms with van der Waals surface area (Å²) in [5.74, 6) is -9.73. The van der Waals surface area contributed by atoms with Crippen molar-refractivity contribution in [1.82, 2.24) is 47.4 Å². The fourth-order valence-corrected chi connectivity index (χ4v) is 8.35. The van der Waals surface area contributed by atoms with E-state index >= 15 is 0 Å². The van der Waals surface area contributed by atoms with E-state index in [-0.39, 0.29) is 74.3 Å². The van der Waals surface area contributed by atoms with E-state index in [1.165, 1.54) is 60.4 Å². The number of amides is 10. The number of thiol groups is 1. The van der Waals surface area contributed by atoms with Crippen LogP contribution in [0, 0.1) is 11.8 Å². The maximum atomic E-state index is 14.3. The van der Waals surface area contributed by atoms with Gasteiger partial charge in [-0.1, -0.05) is 52.0 Å². The van der Waals surface area contributed by atoms with Crippen LogP contribution in [0.15, 0.2) is 48.5 Å². The molecular weight excluding hydrogens is 1010 g/mol. The van der Waals surface area contributed by atoms with Gasteiger partial charge in [-0.05, 0) is 86.3 Å². The lowest BCUT2D eigenvalue weighted by Gasteiger charge is -2.31. The van der Waals surface area contributed by atoms with Gasteiger partial charge in [0.05, 0.1) is 13.1 Å². The number of primary amides is 1. The second-order valence-electron chi connectivity index (χ2n) is 19.3. The monoisotopic (exact) mass is 1080 g/mol. The van der Waals surface area contributed by atoms with Crippen LogP contribution in [0.4, 0.5) is 0 Å². The number of carboxylic acid groups (broad SMARTS) is 1. The number of nitrogens with zero attached hydrogens (tertiary/aromatic N) is 1. The van der Waals surface area contributed by atoms with Crippen molar-refractivity contribution in [2.45, 2.75) is 134 Å². The van der Waals surface area contributed by atoms with Crippen molar-refractivity contribution in [1.29, 1.82) is 0 Å². The normalized spacial score (nSPS) is 15.9. The van der Waals surface area contributed by atoms with Gasteiger partial charge in [0, 0.05) is 31.6 Å². The number of carboxylic acids is 1. The minimum atomic E-state index is -1.62. The van der Waals surface area contributed by atoms with Crippen LogP contribution in [0.1, 0.15) is 84.3 Å². The molecule has 1 aliphatic heterocycles. The first-order valence-corrected chi connectivity index (χ1v) is 25.5. The van der Waals surface area contributed by atoms with Gasteiger partial charge in [-0.15, -0.1) is 0 Å². The zero-order valence-electron chi connectivity index (χ0n) is 43.3. The summed E-state index contributed by atoms with van der Waals surface area (Å²) in [5, 5.41) is 49.5. The van der Waals surface area contributed by atoms with E-state index in [0.717, 1.165) is 0 Å². The first kappa shape index (κ1) is 62.8. The van der Waals surface area contributed by atoms with E-state index < -0.39 is 133 Å². The number of phenols is 2. The molecule has 1 saturated heterocycles. The molecule has 1 aliphatic rings. The Balaban J connectivity index is 1.84. The minimum absolute atomic E-state index is 0.00143. The Bertz CT molecular complexity index is 2370. The molecule has 3 rings (SSSR count). The first-order chi connectivity index (χ1) is 35.8. The number of aliphatic carboxylic acids is 1. The number of benzene rings is 2. The van der Waals surface area contributed by atoms with E-state index in [2.05, 4.69) is 55.2 Å². The largest absolute Gasteiger partial charge is 0.508 e. The molecule has 1 heterocycles. The summed E-state index contributed by atoms with van der Waals surface area (Å²) in [6.07, 6.45) is -0.600. The number of nitrogens with two attached hydrogens (primary N) is 2. The molecule has 26 heteroatoms. The Kier molecular flexibility index (Phi) is 25.4. The van der Waals surface area contributed by atoms with Crippen molar-refractivity contribution in [3.05, 3.63) is 59.7 Å². The molecular formula is C50H73N11O14S. The third-order valence-corrected chi connectivity index (χ3v) is 12.4. The van der Waals surface area contributed by atoms with Crippen molar-refractivity contribution in [3.8, 4) is 11.5 Å². The predicted octanol–water partition coefficient (Wildman–Crippen LogP) is -2.27. The van der Waals surface area contributed by atoms with E-state index in [4.69, 9.17) is 11.5 Å². The van der Waals surface area contributed by atoms with Gasteiger partial charge in [0.1, 0.15) is 59.8 Å². The number of carbonyl (C=O) groups excluding carboxylic acids is 10. The topological polar surface area (TPSA) is 400 Å². The maximum absolute atomic E-state index is 14.3. The van der Waals surface area contributed by atoms with Gasteiger partial charge in [0.25, 0.3) is 0 Å². The Morgan fingerprint density at radius 1 is 0.618 bits per heavy atom. The molecule has 2 aromatic carbocycles. The van der Waals surface area contributed by atoms with Gasteiger partial charge >= 0.3 is 5.97 Å². The number of likely N-dealkylation sites (tertiary alicyclic amines) is 1. The number of phenolic OH excluding ortho intramolecular Hbond substituents is 2. The molecule has 8 atom stereocenters. The summed E-state index contributed by atoms with van der Waals surface area (Å²) in [6.45, 7) is 7.79. The molecule has 0 aliphatic carbocycles. The highest BCUT2D eigenvalue weighted by atomic mass is 32.1. The number of rotatable bonds is 30. The quantitative estimate of drug-likeness (QED) is 0.0367. The van der Waals surface area contributed by atoms with Crippen LogP contribution >= 0.6 is 12.6 Å². The number of aromatic hydroxyl groups is 2. The van der Waals surface area contributed by atoms with Crippen LogP contribution in [0.25, 0.3) is 0 Å². The summed E-state index contributed by atoms with van der Waals surface area (Å²) < 4.78 is 0. The molecule has 10 amide bonds. The minimum Gasteiger partial charge on any atom is -0.508 e. The number of carbonyl (C=O) groups is 11. The molecule has 0 unspecified atom stereocenters. The van der Waals surface area contributed by atoms with Crippen molar-refractivity contribution < 1.29 is 68.1 Å². The number of hydrogen-bond acceptors (Lipinski definition) is 15. The lowest BCUT2D eigenvalue weighted by Crippen LogP contribution is -2.60. The SMILES string of the molecule is CC(C)C[C@H](NC(=O)CN)C(=O)NCC(=O)N[C@@H](CC(C)C)C(=O)N1CCC[C@H]1C(=O)N[C@@H](Cc1ccc(O)cc1)C(=O)N[C@@H](CCC(=O)O)C(=O)N[C@@H](C)C(=O)N[C@@H](Cc1ccc(O)cc1)C(=O)N[C@@H](CS)C(N)=O. The molecule has 0 saturated carbocycles. The van der Waals surface area contributed by atoms with Gasteiger partial charge in [0.2, 0.25) is 59.1 Å². The Hall–Kier alpha value is -7.48. The fraction of sp³-hybridized carbons (Fsp3) is 0.540. The van der Waals surface area contributed by atoms with E-state index in [1.807, 2.05) is 27.7 Å². The van der Waals surface area contributed by atoms with Crippen LogP contribution in [-0.4, -0.2) is 159 Å². The highest BCUT2D eigenvalue weighted by Gasteiger charge is 2.40. The smallest absolute Gasteiger partial charge is 0.303 e. The number of hydrogen-bond donors (Lipinski definition) is 14. The lowest BCUT2D eigenvalue weighted by atomic mass is 10.0. The summed E-state index contributed by atoms with van der Waals surface area (Å²) in [4.78, 5) is 147. The number of nitrogens with one attached hydrogen (secondary N) is 8. The highest BCUT2D eigenvalue weighted by molar-refractivity contribution is 7.80. The zero-order chi connectivity index (χ0) is 56.8. The molecule has 1 fully saturated rings. The van der Waals surface area contributed by atoms with Gasteiger partial charge in [-0.3, -0.25) is 52.7 Å². The van der Waals surface area contributed by atoms with Gasteiger partial charge in [0.15, 0.2) is 0 Å². The summed E-state index contributed by atoms with van der Waals surface area (Å²) in [6, 6.07) is 0.955. The second kappa shape index (κ2) is 30.8. The van der Waals surface area contributed by atoms with E-state index in [9.17, 15) is 68.1 Å². The summed E-state index contributed by atoms with van der Waals surface area (Å²) in [7, 11) is 0. The van der Waals surface area contributed by atoms with Crippen LogP contribution < -0.4 is 54.0 Å². The van der Waals surface area contributed by atoms with Crippen molar-refractivity contribution in [3.63, 3.8) is 0 Å². The van der Waals surface area contributed by atoms with Crippen LogP contribution in [0.5, 0.6) is 11.5 Å². The van der Waals surface area contributed by atoms with Crippen molar-refractivity contribution >= 4 is 77.7 Å². The lowest BCUT2D eigenvalue weighted by molar-refractivity contribution is -0.142. The molecule has 76 heavy (non-hydrogen) atoms. The van der Waals surface area contributed by atoms with Crippen LogP contribution in [0.2, 0.25) is 0 Å². The molecule has 418 valence electrons. The van der Waals surface area contributed by atoms with E-state index in [0.29, 0.717) is 17.5 Å². The average Bonchev–Trinajstić information content (AvgIpc) is 3.86. The highest BCUT2D eigenvalue weighted by Crippen LogP contribution is 2.22. The van der Waals surface area contributed by atoms with Gasteiger partial charge in [-0.25, -0.2) is 0 Å². The third-order valence-electron chi connectivity index (χ3n) is 12.0. The Labute approximate surface area is 446 Å². The zero-order valence-corrected chi connectivity index (χ0v) is 44.2. The van der Waals surface area contributed by atoms with Crippen LogP contribution in [-0.2, 0) is 65.6 Å². The standard InChI is InChI=1S/C50H73N11O14S/c1-26(2)19-34(55-40(64)23-51)45(70)53-24-41(65)56-37(20-27(3)4)50(75)61-18-6-7-39(61)49(74)59-36(22-30-10-14-32(63)15-11-30)47(72)57-33(16-17-42(66)67)46(71)54-28(5)44(69)58-35(21-29-8-12-31(62)13-9-29)48(73)60-38(25-76)43(52)68/h8-15,26-28,33-39,62-63,76H,6-7,16-25,51H2,1-5H3,(H2,52,68)(H,53,70)(H,54,71)(H,55,64)(H,56,65)(H,57,72)(H,58,69)(H,59,74)(H,60,73)(H,66,67)/t28-,33-,34-,35-,36-,37-,38-,39-/m0/s1. The molecule has 2 aromatic rings. The third kappa shape index (κ3) is 21.0. The predicted molar refractivity (Wildman–Crippen MR) is 278 cm³/mol. The van der Waals surface area contributed by atoms with E-state index in [1.54, 1.807) is 0 Å². The van der Waals surface area contributed by atoms with Crippen molar-refractivity contribution in [2.75, 3.05) is 25.4 Å². The maximum Gasteiger partial charge on any atom is 0.303 e. The molecule has 0 bridgehead atoms. The Morgan fingerprint density at radius 2 is 1.11 bits per heavy atom. The van der Waals surface area contributed by atoms with Crippen molar-refractivity contribution in [2.24, 2.45) is 23.3 Å². The average molecular weight is 1080 g/mol. The van der Waals surface area contributed by atoms with Gasteiger partial charge in [-0.2, -0.15) is 12.6 Å².